The minimum absolute atomic E-state index is 0.0119. The van der Waals surface area contributed by atoms with Gasteiger partial charge in [0.25, 0.3) is 0 Å². The molecular formula is C19H25NO3. The third-order valence-corrected chi connectivity index (χ3v) is 3.44. The number of benzene rings is 2. The van der Waals surface area contributed by atoms with Crippen molar-refractivity contribution in [3.05, 3.63) is 53.6 Å². The second-order valence-electron chi connectivity index (χ2n) is 6.79. The van der Waals surface area contributed by atoms with Crippen LogP contribution in [0.3, 0.4) is 0 Å². The maximum Gasteiger partial charge on any atom is 0.169 e. The first kappa shape index (κ1) is 17.3. The summed E-state index contributed by atoms with van der Waals surface area (Å²) in [6.45, 7) is 8.53. The molecule has 1 atom stereocenters. The third-order valence-electron chi connectivity index (χ3n) is 3.44. The van der Waals surface area contributed by atoms with Crippen molar-refractivity contribution in [2.24, 2.45) is 0 Å². The van der Waals surface area contributed by atoms with Crippen molar-refractivity contribution in [1.82, 2.24) is 5.32 Å². The summed E-state index contributed by atoms with van der Waals surface area (Å²) >= 11 is 0. The Morgan fingerprint density at radius 1 is 1.09 bits per heavy atom. The zero-order valence-corrected chi connectivity index (χ0v) is 14.1. The highest BCUT2D eigenvalue weighted by Crippen LogP contribution is 2.33. The van der Waals surface area contributed by atoms with E-state index in [0.717, 1.165) is 5.56 Å². The highest BCUT2D eigenvalue weighted by Gasteiger charge is 2.15. The van der Waals surface area contributed by atoms with Crippen LogP contribution < -0.4 is 10.1 Å². The van der Waals surface area contributed by atoms with Gasteiger partial charge < -0.3 is 20.3 Å². The third kappa shape index (κ3) is 5.27. The van der Waals surface area contributed by atoms with Gasteiger partial charge in [-0.05, 0) is 57.5 Å². The molecule has 1 unspecified atom stereocenters. The fourth-order valence-electron chi connectivity index (χ4n) is 2.08. The highest BCUT2D eigenvalue weighted by atomic mass is 16.5. The Balaban J connectivity index is 2.06. The van der Waals surface area contributed by atoms with E-state index in [1.165, 1.54) is 0 Å². The fourth-order valence-corrected chi connectivity index (χ4v) is 2.08. The molecule has 0 amide bonds. The lowest BCUT2D eigenvalue weighted by molar-refractivity contribution is 0.163. The van der Waals surface area contributed by atoms with Gasteiger partial charge in [0.1, 0.15) is 5.75 Å². The van der Waals surface area contributed by atoms with Crippen molar-refractivity contribution in [2.75, 3.05) is 6.54 Å². The number of nitrogens with one attached hydrogen (secondary N) is 1. The molecule has 0 aliphatic rings. The number of aromatic hydroxyl groups is 1. The predicted octanol–water partition coefficient (Wildman–Crippen LogP) is 3.91. The van der Waals surface area contributed by atoms with Gasteiger partial charge in [-0.2, -0.15) is 0 Å². The highest BCUT2D eigenvalue weighted by molar-refractivity contribution is 5.45. The van der Waals surface area contributed by atoms with E-state index in [9.17, 15) is 10.2 Å². The molecule has 23 heavy (non-hydrogen) atoms. The average molecular weight is 315 g/mol. The van der Waals surface area contributed by atoms with Crippen LogP contribution in [0.5, 0.6) is 17.2 Å². The molecule has 0 aromatic heterocycles. The number of aryl methyl sites for hydroxylation is 1. The summed E-state index contributed by atoms with van der Waals surface area (Å²) in [5, 5.41) is 23.6. The molecule has 0 heterocycles. The van der Waals surface area contributed by atoms with Gasteiger partial charge in [0.15, 0.2) is 11.5 Å². The fraction of sp³-hybridized carbons (Fsp3) is 0.368. The molecule has 0 fully saturated rings. The van der Waals surface area contributed by atoms with Crippen molar-refractivity contribution >= 4 is 0 Å². The van der Waals surface area contributed by atoms with Crippen molar-refractivity contribution in [3.63, 3.8) is 0 Å². The Morgan fingerprint density at radius 3 is 2.30 bits per heavy atom. The molecule has 2 aromatic rings. The van der Waals surface area contributed by atoms with E-state index >= 15 is 0 Å². The molecular weight excluding hydrogens is 290 g/mol. The van der Waals surface area contributed by atoms with Gasteiger partial charge >= 0.3 is 0 Å². The van der Waals surface area contributed by atoms with E-state index in [4.69, 9.17) is 4.74 Å². The zero-order valence-electron chi connectivity index (χ0n) is 14.1. The maximum absolute atomic E-state index is 10.2. The molecule has 124 valence electrons. The van der Waals surface area contributed by atoms with Crippen molar-refractivity contribution in [2.45, 2.75) is 39.3 Å². The summed E-state index contributed by atoms with van der Waals surface area (Å²) in [6.07, 6.45) is -0.687. The smallest absolute Gasteiger partial charge is 0.169 e. The predicted molar refractivity (Wildman–Crippen MR) is 92.1 cm³/mol. The van der Waals surface area contributed by atoms with E-state index in [1.54, 1.807) is 18.2 Å². The van der Waals surface area contributed by atoms with Crippen LogP contribution in [0.15, 0.2) is 42.5 Å². The lowest BCUT2D eigenvalue weighted by Gasteiger charge is -2.23. The molecule has 2 rings (SSSR count). The Morgan fingerprint density at radius 2 is 1.74 bits per heavy atom. The Kier molecular flexibility index (Phi) is 5.29. The summed E-state index contributed by atoms with van der Waals surface area (Å²) in [6, 6.07) is 12.6. The van der Waals surface area contributed by atoms with Crippen LogP contribution in [-0.4, -0.2) is 22.3 Å². The number of rotatable bonds is 5. The van der Waals surface area contributed by atoms with Crippen LogP contribution in [0, 0.1) is 6.92 Å². The molecule has 0 aliphatic heterocycles. The number of aliphatic hydroxyl groups excluding tert-OH is 1. The number of phenols is 1. The van der Waals surface area contributed by atoms with Gasteiger partial charge in [-0.1, -0.05) is 23.8 Å². The van der Waals surface area contributed by atoms with Gasteiger partial charge in [-0.15, -0.1) is 0 Å². The first-order chi connectivity index (χ1) is 10.7. The van der Waals surface area contributed by atoms with Gasteiger partial charge in [-0.25, -0.2) is 0 Å². The summed E-state index contributed by atoms with van der Waals surface area (Å²) < 4.78 is 5.67. The standard InChI is InChI=1S/C19H25NO3/c1-13-5-8-15(9-6-13)23-18-10-7-14(11-16(18)21)17(22)12-20-19(2,3)4/h5-11,17,20-22H,12H2,1-4H3. The normalized spacial score (nSPS) is 12.9. The molecule has 0 spiro atoms. The first-order valence-electron chi connectivity index (χ1n) is 7.75. The SMILES string of the molecule is Cc1ccc(Oc2ccc(C(O)CNC(C)(C)C)cc2O)cc1. The number of aliphatic hydroxyl groups is 1. The van der Waals surface area contributed by atoms with Crippen molar-refractivity contribution in [3.8, 4) is 17.2 Å². The number of hydrogen-bond acceptors (Lipinski definition) is 4. The van der Waals surface area contributed by atoms with E-state index in [2.05, 4.69) is 5.32 Å². The number of ether oxygens (including phenoxy) is 1. The molecule has 0 saturated heterocycles. The van der Waals surface area contributed by atoms with Gasteiger partial charge in [-0.3, -0.25) is 0 Å². The molecule has 0 saturated carbocycles. The minimum Gasteiger partial charge on any atom is -0.504 e. The first-order valence-corrected chi connectivity index (χ1v) is 7.75. The Labute approximate surface area is 137 Å². The molecule has 4 heteroatoms. The van der Waals surface area contributed by atoms with Crippen LogP contribution in [0.1, 0.15) is 38.0 Å². The van der Waals surface area contributed by atoms with E-state index < -0.39 is 6.10 Å². The van der Waals surface area contributed by atoms with Gasteiger partial charge in [0, 0.05) is 12.1 Å². The number of β-amino-alcohol motifs (C(OH)–C–C–N with tert-alkyl or cyclic N) is 1. The molecule has 2 aromatic carbocycles. The van der Waals surface area contributed by atoms with Crippen molar-refractivity contribution in [1.29, 1.82) is 0 Å². The topological polar surface area (TPSA) is 61.7 Å². The summed E-state index contributed by atoms with van der Waals surface area (Å²) in [5.41, 5.74) is 1.72. The van der Waals surface area contributed by atoms with Crippen LogP contribution in [0.4, 0.5) is 0 Å². The lowest BCUT2D eigenvalue weighted by Crippen LogP contribution is -2.38. The largest absolute Gasteiger partial charge is 0.504 e. The minimum atomic E-state index is -0.687. The average Bonchev–Trinajstić information content (AvgIpc) is 2.48. The second-order valence-corrected chi connectivity index (χ2v) is 6.79. The number of hydrogen-bond donors (Lipinski definition) is 3. The zero-order chi connectivity index (χ0) is 17.0. The lowest BCUT2D eigenvalue weighted by atomic mass is 10.1. The molecule has 3 N–H and O–H groups in total. The van der Waals surface area contributed by atoms with Crippen LogP contribution in [0.25, 0.3) is 0 Å². The summed E-state index contributed by atoms with van der Waals surface area (Å²) in [5.74, 6) is 1.04. The summed E-state index contributed by atoms with van der Waals surface area (Å²) in [4.78, 5) is 0. The quantitative estimate of drug-likeness (QED) is 0.783. The van der Waals surface area contributed by atoms with Gasteiger partial charge in [0.05, 0.1) is 6.10 Å². The number of phenolic OH excluding ortho intramolecular Hbond substituents is 1. The van der Waals surface area contributed by atoms with Crippen LogP contribution >= 0.6 is 0 Å². The Bertz CT molecular complexity index is 645. The van der Waals surface area contributed by atoms with E-state index in [0.29, 0.717) is 23.6 Å². The van der Waals surface area contributed by atoms with Crippen LogP contribution in [-0.2, 0) is 0 Å². The maximum atomic E-state index is 10.2. The van der Waals surface area contributed by atoms with E-state index in [1.807, 2.05) is 52.0 Å². The second kappa shape index (κ2) is 7.02. The summed E-state index contributed by atoms with van der Waals surface area (Å²) in [7, 11) is 0. The monoisotopic (exact) mass is 315 g/mol. The van der Waals surface area contributed by atoms with Crippen molar-refractivity contribution < 1.29 is 14.9 Å². The molecule has 0 aliphatic carbocycles. The Hall–Kier alpha value is -2.04. The molecule has 4 nitrogen and oxygen atoms in total. The van der Waals surface area contributed by atoms with Gasteiger partial charge in [0.2, 0.25) is 0 Å². The molecule has 0 radical (unpaired) electrons. The van der Waals surface area contributed by atoms with E-state index in [-0.39, 0.29) is 11.3 Å². The van der Waals surface area contributed by atoms with Crippen LogP contribution in [0.2, 0.25) is 0 Å². The molecule has 0 bridgehead atoms.